The molecule has 0 bridgehead atoms. The number of piperidine rings is 1. The lowest BCUT2D eigenvalue weighted by Gasteiger charge is -2.32. The number of rotatable bonds is 7. The molecule has 31 heavy (non-hydrogen) atoms. The lowest BCUT2D eigenvalue weighted by Crippen LogP contribution is -2.34. The molecule has 162 valence electrons. The molecule has 3 heterocycles. The summed E-state index contributed by atoms with van der Waals surface area (Å²) in [5.41, 5.74) is 0.825. The van der Waals surface area contributed by atoms with Crippen LogP contribution in [0.3, 0.4) is 0 Å². The van der Waals surface area contributed by atoms with Crippen LogP contribution in [0.15, 0.2) is 36.9 Å². The van der Waals surface area contributed by atoms with Gasteiger partial charge in [-0.25, -0.2) is 9.97 Å². The number of methoxy groups -OCH3 is 2. The fourth-order valence-electron chi connectivity index (χ4n) is 4.17. The highest BCUT2D eigenvalue weighted by Gasteiger charge is 2.31. The van der Waals surface area contributed by atoms with Crippen molar-refractivity contribution in [3.8, 4) is 11.5 Å². The minimum Gasteiger partial charge on any atom is -0.497 e. The molecule has 1 aliphatic heterocycles. The van der Waals surface area contributed by atoms with Crippen LogP contribution in [-0.4, -0.2) is 52.0 Å². The number of anilines is 3. The number of aromatic nitrogens is 5. The smallest absolute Gasteiger partial charge is 0.146 e. The second-order valence-corrected chi connectivity index (χ2v) is 8.04. The van der Waals surface area contributed by atoms with Crippen LogP contribution in [0.25, 0.3) is 0 Å². The molecule has 0 amide bonds. The first-order valence-electron chi connectivity index (χ1n) is 10.7. The Balaban J connectivity index is 1.26. The van der Waals surface area contributed by atoms with Crippen LogP contribution in [0.1, 0.15) is 43.5 Å². The average Bonchev–Trinajstić information content (AvgIpc) is 3.55. The van der Waals surface area contributed by atoms with Crippen LogP contribution in [0, 0.1) is 0 Å². The summed E-state index contributed by atoms with van der Waals surface area (Å²) in [6, 6.07) is 8.25. The van der Waals surface area contributed by atoms with Gasteiger partial charge in [-0.2, -0.15) is 0 Å². The Labute approximate surface area is 181 Å². The molecule has 0 spiro atoms. The summed E-state index contributed by atoms with van der Waals surface area (Å²) in [5.74, 6) is 4.70. The van der Waals surface area contributed by atoms with Crippen molar-refractivity contribution in [2.75, 3.05) is 37.5 Å². The van der Waals surface area contributed by atoms with Crippen molar-refractivity contribution >= 4 is 17.3 Å². The highest BCUT2D eigenvalue weighted by Crippen LogP contribution is 2.39. The van der Waals surface area contributed by atoms with Gasteiger partial charge in [-0.3, -0.25) is 0 Å². The molecule has 2 aliphatic rings. The molecule has 1 N–H and O–H groups in total. The summed E-state index contributed by atoms with van der Waals surface area (Å²) in [4.78, 5) is 11.2. The molecule has 0 unspecified atom stereocenters. The lowest BCUT2D eigenvalue weighted by molar-refractivity contribution is 0.395. The van der Waals surface area contributed by atoms with Gasteiger partial charge in [0, 0.05) is 37.2 Å². The largest absolute Gasteiger partial charge is 0.497 e. The van der Waals surface area contributed by atoms with Crippen molar-refractivity contribution in [2.24, 2.45) is 0 Å². The van der Waals surface area contributed by atoms with Gasteiger partial charge >= 0.3 is 0 Å². The zero-order valence-corrected chi connectivity index (χ0v) is 17.9. The van der Waals surface area contributed by atoms with Gasteiger partial charge in [0.1, 0.15) is 41.6 Å². The van der Waals surface area contributed by atoms with Gasteiger partial charge in [0.2, 0.25) is 0 Å². The maximum Gasteiger partial charge on any atom is 0.146 e. The van der Waals surface area contributed by atoms with E-state index in [-0.39, 0.29) is 0 Å². The topological polar surface area (TPSA) is 90.2 Å². The first-order chi connectivity index (χ1) is 15.2. The first-order valence-corrected chi connectivity index (χ1v) is 10.7. The second-order valence-electron chi connectivity index (χ2n) is 8.04. The van der Waals surface area contributed by atoms with Gasteiger partial charge in [-0.05, 0) is 37.8 Å². The van der Waals surface area contributed by atoms with Crippen molar-refractivity contribution in [1.82, 2.24) is 24.7 Å². The van der Waals surface area contributed by atoms with E-state index in [1.165, 1.54) is 12.8 Å². The molecule has 2 fully saturated rings. The molecule has 1 aromatic carbocycles. The van der Waals surface area contributed by atoms with Gasteiger partial charge in [0.15, 0.2) is 0 Å². The first kappa shape index (κ1) is 19.6. The molecular weight excluding hydrogens is 394 g/mol. The molecule has 0 radical (unpaired) electrons. The van der Waals surface area contributed by atoms with E-state index < -0.39 is 0 Å². The standard InChI is InChI=1S/C22H27N7O2/c1-30-17-5-6-18(19(11-17)31-2)26-20-12-21(24-13-23-20)28-9-7-15(8-10-28)22-27-25-14-29(22)16-3-4-16/h5-6,11-16H,3-4,7-10H2,1-2H3,(H,23,24,26). The van der Waals surface area contributed by atoms with E-state index in [1.807, 2.05) is 30.6 Å². The molecule has 0 atom stereocenters. The van der Waals surface area contributed by atoms with Crippen molar-refractivity contribution in [2.45, 2.75) is 37.6 Å². The van der Waals surface area contributed by atoms with Crippen LogP contribution in [0.5, 0.6) is 11.5 Å². The van der Waals surface area contributed by atoms with Gasteiger partial charge in [-0.15, -0.1) is 10.2 Å². The Hall–Kier alpha value is -3.36. The van der Waals surface area contributed by atoms with Crippen LogP contribution < -0.4 is 19.7 Å². The van der Waals surface area contributed by atoms with E-state index >= 15 is 0 Å². The molecule has 1 saturated heterocycles. The van der Waals surface area contributed by atoms with Crippen LogP contribution in [0.2, 0.25) is 0 Å². The normalized spacial score (nSPS) is 16.9. The zero-order chi connectivity index (χ0) is 21.2. The van der Waals surface area contributed by atoms with Crippen molar-refractivity contribution in [1.29, 1.82) is 0 Å². The molecule has 3 aromatic rings. The summed E-state index contributed by atoms with van der Waals surface area (Å²) in [6.07, 6.45) is 8.09. The zero-order valence-electron chi connectivity index (χ0n) is 17.9. The predicted molar refractivity (Wildman–Crippen MR) is 117 cm³/mol. The van der Waals surface area contributed by atoms with Gasteiger partial charge in [0.25, 0.3) is 0 Å². The molecular formula is C22H27N7O2. The highest BCUT2D eigenvalue weighted by atomic mass is 16.5. The van der Waals surface area contributed by atoms with Crippen LogP contribution >= 0.6 is 0 Å². The quantitative estimate of drug-likeness (QED) is 0.619. The molecule has 9 heteroatoms. The van der Waals surface area contributed by atoms with E-state index in [0.29, 0.717) is 17.7 Å². The minimum absolute atomic E-state index is 0.461. The summed E-state index contributed by atoms with van der Waals surface area (Å²) < 4.78 is 13.0. The van der Waals surface area contributed by atoms with E-state index in [2.05, 4.69) is 34.9 Å². The minimum atomic E-state index is 0.461. The fraction of sp³-hybridized carbons (Fsp3) is 0.455. The number of ether oxygens (including phenoxy) is 2. The Kier molecular flexibility index (Phi) is 5.31. The maximum atomic E-state index is 5.48. The van der Waals surface area contributed by atoms with E-state index in [0.717, 1.165) is 54.8 Å². The lowest BCUT2D eigenvalue weighted by atomic mass is 9.96. The third-order valence-electron chi connectivity index (χ3n) is 6.05. The summed E-state index contributed by atoms with van der Waals surface area (Å²) in [5, 5.41) is 11.9. The number of benzene rings is 1. The van der Waals surface area contributed by atoms with Gasteiger partial charge < -0.3 is 24.3 Å². The number of hydrogen-bond donors (Lipinski definition) is 1. The van der Waals surface area contributed by atoms with Crippen molar-refractivity contribution < 1.29 is 9.47 Å². The monoisotopic (exact) mass is 421 g/mol. The van der Waals surface area contributed by atoms with Gasteiger partial charge in [-0.1, -0.05) is 0 Å². The third kappa shape index (κ3) is 4.12. The third-order valence-corrected chi connectivity index (χ3v) is 6.05. The Morgan fingerprint density at radius 1 is 1.00 bits per heavy atom. The predicted octanol–water partition coefficient (Wildman–Crippen LogP) is 3.55. The molecule has 2 aromatic heterocycles. The number of hydrogen-bond acceptors (Lipinski definition) is 8. The number of nitrogens with zero attached hydrogens (tertiary/aromatic N) is 6. The van der Waals surface area contributed by atoms with Crippen molar-refractivity contribution in [3.63, 3.8) is 0 Å². The highest BCUT2D eigenvalue weighted by molar-refractivity contribution is 5.67. The Morgan fingerprint density at radius 2 is 1.84 bits per heavy atom. The molecule has 1 saturated carbocycles. The van der Waals surface area contributed by atoms with Gasteiger partial charge in [0.05, 0.1) is 19.9 Å². The Bertz CT molecular complexity index is 1040. The average molecular weight is 422 g/mol. The second kappa shape index (κ2) is 8.41. The summed E-state index contributed by atoms with van der Waals surface area (Å²) >= 11 is 0. The summed E-state index contributed by atoms with van der Waals surface area (Å²) in [6.45, 7) is 1.87. The van der Waals surface area contributed by atoms with Crippen molar-refractivity contribution in [3.05, 3.63) is 42.7 Å². The maximum absolute atomic E-state index is 5.48. The molecule has 9 nitrogen and oxygen atoms in total. The van der Waals surface area contributed by atoms with Crippen LogP contribution in [0.4, 0.5) is 17.3 Å². The van der Waals surface area contributed by atoms with E-state index in [9.17, 15) is 0 Å². The van der Waals surface area contributed by atoms with E-state index in [4.69, 9.17) is 9.47 Å². The Morgan fingerprint density at radius 3 is 2.58 bits per heavy atom. The summed E-state index contributed by atoms with van der Waals surface area (Å²) in [7, 11) is 3.27. The van der Waals surface area contributed by atoms with Crippen LogP contribution in [-0.2, 0) is 0 Å². The fourth-order valence-corrected chi connectivity index (χ4v) is 4.17. The SMILES string of the molecule is COc1ccc(Nc2cc(N3CCC(c4nncn4C4CC4)CC3)ncn2)c(OC)c1. The molecule has 1 aliphatic carbocycles. The number of nitrogens with one attached hydrogen (secondary N) is 1. The molecule has 5 rings (SSSR count). The van der Waals surface area contributed by atoms with E-state index in [1.54, 1.807) is 20.5 Å².